The fourth-order valence-corrected chi connectivity index (χ4v) is 4.85. The lowest BCUT2D eigenvalue weighted by molar-refractivity contribution is -0.138. The predicted molar refractivity (Wildman–Crippen MR) is 94.4 cm³/mol. The average Bonchev–Trinajstić information content (AvgIpc) is 2.63. The summed E-state index contributed by atoms with van der Waals surface area (Å²) in [5, 5.41) is 4.72. The van der Waals surface area contributed by atoms with Gasteiger partial charge in [-0.25, -0.2) is 12.8 Å². The van der Waals surface area contributed by atoms with Gasteiger partial charge in [0.15, 0.2) is 0 Å². The van der Waals surface area contributed by atoms with E-state index in [4.69, 9.17) is 0 Å². The van der Waals surface area contributed by atoms with Crippen LogP contribution in [0, 0.1) is 12.7 Å². The molecule has 1 aromatic carbocycles. The van der Waals surface area contributed by atoms with Crippen LogP contribution >= 0.6 is 0 Å². The number of aryl methyl sites for hydroxylation is 1. The van der Waals surface area contributed by atoms with Gasteiger partial charge in [-0.1, -0.05) is 6.42 Å². The molecule has 9 heteroatoms. The fourth-order valence-electron chi connectivity index (χ4n) is 3.04. The summed E-state index contributed by atoms with van der Waals surface area (Å²) in [5.41, 5.74) is 0.275. The van der Waals surface area contributed by atoms with Gasteiger partial charge in [-0.2, -0.15) is 4.31 Å². The van der Waals surface area contributed by atoms with Crippen molar-refractivity contribution in [2.75, 3.05) is 20.1 Å². The summed E-state index contributed by atoms with van der Waals surface area (Å²) in [6.45, 7) is 2.11. The summed E-state index contributed by atoms with van der Waals surface area (Å²) in [4.78, 5) is 22.8. The van der Waals surface area contributed by atoms with Crippen LogP contribution in [-0.2, 0) is 19.6 Å². The highest BCUT2D eigenvalue weighted by molar-refractivity contribution is 7.89. The van der Waals surface area contributed by atoms with E-state index in [0.717, 1.165) is 18.9 Å². The van der Waals surface area contributed by atoms with Gasteiger partial charge in [0, 0.05) is 26.2 Å². The van der Waals surface area contributed by atoms with Crippen LogP contribution < -0.4 is 10.6 Å². The maximum atomic E-state index is 13.5. The first-order valence-electron chi connectivity index (χ1n) is 8.55. The Hall–Kier alpha value is -2.00. The Balaban J connectivity index is 2.10. The summed E-state index contributed by atoms with van der Waals surface area (Å²) in [6, 6.07) is 3.50. The van der Waals surface area contributed by atoms with Crippen LogP contribution in [0.25, 0.3) is 0 Å². The van der Waals surface area contributed by atoms with Crippen molar-refractivity contribution >= 4 is 21.8 Å². The number of nitrogens with one attached hydrogen (secondary N) is 2. The molecule has 2 N–H and O–H groups in total. The van der Waals surface area contributed by atoms with Crippen LogP contribution in [0.5, 0.6) is 0 Å². The van der Waals surface area contributed by atoms with E-state index in [9.17, 15) is 22.4 Å². The van der Waals surface area contributed by atoms with Crippen LogP contribution in [0.3, 0.4) is 0 Å². The molecule has 0 aromatic heterocycles. The molecule has 144 valence electrons. The summed E-state index contributed by atoms with van der Waals surface area (Å²) in [7, 11) is -2.38. The van der Waals surface area contributed by atoms with Crippen LogP contribution in [-0.4, -0.2) is 50.7 Å². The van der Waals surface area contributed by atoms with Crippen molar-refractivity contribution in [3.63, 3.8) is 0 Å². The molecule has 0 spiro atoms. The Kier molecular flexibility index (Phi) is 6.71. The third-order valence-corrected chi connectivity index (χ3v) is 6.45. The zero-order valence-corrected chi connectivity index (χ0v) is 15.7. The molecule has 0 saturated carbocycles. The molecule has 2 amide bonds. The van der Waals surface area contributed by atoms with Gasteiger partial charge in [-0.05, 0) is 49.9 Å². The van der Waals surface area contributed by atoms with Crippen molar-refractivity contribution in [1.29, 1.82) is 0 Å². The summed E-state index contributed by atoms with van der Waals surface area (Å²) >= 11 is 0. The number of halogens is 1. The van der Waals surface area contributed by atoms with Gasteiger partial charge in [0.2, 0.25) is 10.0 Å². The Bertz CT molecular complexity index is 782. The summed E-state index contributed by atoms with van der Waals surface area (Å²) < 4.78 is 40.8. The highest BCUT2D eigenvalue weighted by Crippen LogP contribution is 2.27. The van der Waals surface area contributed by atoms with Gasteiger partial charge < -0.3 is 10.6 Å². The minimum atomic E-state index is -3.75. The molecular formula is C17H24FN3O4S. The normalized spacial score (nSPS) is 18.3. The van der Waals surface area contributed by atoms with E-state index in [-0.39, 0.29) is 23.0 Å². The Morgan fingerprint density at radius 3 is 2.65 bits per heavy atom. The summed E-state index contributed by atoms with van der Waals surface area (Å²) in [5.74, 6) is -1.93. The van der Waals surface area contributed by atoms with Crippen molar-refractivity contribution in [2.45, 2.75) is 43.5 Å². The zero-order chi connectivity index (χ0) is 19.3. The molecule has 1 aliphatic rings. The molecule has 1 atom stereocenters. The molecule has 26 heavy (non-hydrogen) atoms. The minimum absolute atomic E-state index is 0.0673. The van der Waals surface area contributed by atoms with Crippen LogP contribution in [0.15, 0.2) is 23.1 Å². The van der Waals surface area contributed by atoms with Crippen molar-refractivity contribution < 1.29 is 22.4 Å². The van der Waals surface area contributed by atoms with Gasteiger partial charge in [0.1, 0.15) is 5.82 Å². The minimum Gasteiger partial charge on any atom is -0.351 e. The molecule has 1 aliphatic heterocycles. The van der Waals surface area contributed by atoms with Gasteiger partial charge in [-0.15, -0.1) is 0 Å². The molecule has 0 bridgehead atoms. The summed E-state index contributed by atoms with van der Waals surface area (Å²) in [6.07, 6.45) is 2.72. The fraction of sp³-hybridized carbons (Fsp3) is 0.529. The number of nitrogens with zero attached hydrogens (tertiary/aromatic N) is 1. The van der Waals surface area contributed by atoms with Gasteiger partial charge in [0.05, 0.1) is 4.90 Å². The Labute approximate surface area is 153 Å². The quantitative estimate of drug-likeness (QED) is 0.737. The largest absolute Gasteiger partial charge is 0.351 e. The Morgan fingerprint density at radius 2 is 2.00 bits per heavy atom. The first-order valence-corrected chi connectivity index (χ1v) is 9.99. The number of sulfonamides is 1. The standard InChI is InChI=1S/C17H24FN3O4S/c1-12-11-14(6-7-15(12)18)26(24,25)21-10-4-3-5-13(21)8-9-20-17(23)16(22)19-2/h6-7,11,13H,3-5,8-10H2,1-2H3,(H,19,22)(H,20,23)/t13-/m0/s1. The van der Waals surface area contributed by atoms with Crippen molar-refractivity contribution in [3.8, 4) is 0 Å². The van der Waals surface area contributed by atoms with E-state index in [2.05, 4.69) is 10.6 Å². The number of piperidine rings is 1. The van der Waals surface area contributed by atoms with Crippen molar-refractivity contribution in [3.05, 3.63) is 29.6 Å². The second kappa shape index (κ2) is 8.59. The molecule has 0 radical (unpaired) electrons. The van der Waals surface area contributed by atoms with Crippen LogP contribution in [0.2, 0.25) is 0 Å². The van der Waals surface area contributed by atoms with Crippen molar-refractivity contribution in [2.24, 2.45) is 0 Å². The SMILES string of the molecule is CNC(=O)C(=O)NCC[C@@H]1CCCCN1S(=O)(=O)c1ccc(F)c(C)c1. The van der Waals surface area contributed by atoms with Gasteiger partial charge in [0.25, 0.3) is 0 Å². The molecule has 1 saturated heterocycles. The lowest BCUT2D eigenvalue weighted by Crippen LogP contribution is -2.46. The molecule has 0 unspecified atom stereocenters. The predicted octanol–water partition coefficient (Wildman–Crippen LogP) is 0.930. The van der Waals surface area contributed by atoms with Gasteiger partial charge >= 0.3 is 11.8 Å². The van der Waals surface area contributed by atoms with Crippen LogP contribution in [0.4, 0.5) is 4.39 Å². The number of hydrogen-bond acceptors (Lipinski definition) is 4. The second-order valence-corrected chi connectivity index (χ2v) is 8.19. The molecular weight excluding hydrogens is 361 g/mol. The monoisotopic (exact) mass is 385 g/mol. The number of carbonyl (C=O) groups excluding carboxylic acids is 2. The highest BCUT2D eigenvalue weighted by atomic mass is 32.2. The molecule has 1 heterocycles. The number of hydrogen-bond donors (Lipinski definition) is 2. The number of rotatable bonds is 5. The average molecular weight is 385 g/mol. The van der Waals surface area contributed by atoms with E-state index in [1.54, 1.807) is 0 Å². The maximum Gasteiger partial charge on any atom is 0.309 e. The molecule has 7 nitrogen and oxygen atoms in total. The highest BCUT2D eigenvalue weighted by Gasteiger charge is 2.33. The Morgan fingerprint density at radius 1 is 1.27 bits per heavy atom. The molecule has 1 fully saturated rings. The van der Waals surface area contributed by atoms with E-state index in [1.807, 2.05) is 0 Å². The van der Waals surface area contributed by atoms with E-state index in [1.165, 1.54) is 30.4 Å². The van der Waals surface area contributed by atoms with E-state index in [0.29, 0.717) is 19.4 Å². The van der Waals surface area contributed by atoms with Crippen LogP contribution in [0.1, 0.15) is 31.2 Å². The third-order valence-electron chi connectivity index (χ3n) is 4.51. The lowest BCUT2D eigenvalue weighted by Gasteiger charge is -2.34. The molecule has 1 aromatic rings. The first kappa shape index (κ1) is 20.3. The zero-order valence-electron chi connectivity index (χ0n) is 14.9. The maximum absolute atomic E-state index is 13.5. The number of amides is 2. The molecule has 0 aliphatic carbocycles. The third kappa shape index (κ3) is 4.59. The van der Waals surface area contributed by atoms with E-state index >= 15 is 0 Å². The van der Waals surface area contributed by atoms with E-state index < -0.39 is 27.7 Å². The topological polar surface area (TPSA) is 95.6 Å². The number of carbonyl (C=O) groups is 2. The van der Waals surface area contributed by atoms with Crippen molar-refractivity contribution in [1.82, 2.24) is 14.9 Å². The number of likely N-dealkylation sites (N-methyl/N-ethyl adjacent to an activating group) is 1. The smallest absolute Gasteiger partial charge is 0.309 e. The van der Waals surface area contributed by atoms with Gasteiger partial charge in [-0.3, -0.25) is 9.59 Å². The number of benzene rings is 1. The molecule has 2 rings (SSSR count). The second-order valence-electron chi connectivity index (χ2n) is 6.30. The first-order chi connectivity index (χ1) is 12.3. The lowest BCUT2D eigenvalue weighted by atomic mass is 10.0.